The Hall–Kier alpha value is -3.94. The van der Waals surface area contributed by atoms with E-state index in [-0.39, 0.29) is 12.0 Å². The van der Waals surface area contributed by atoms with Gasteiger partial charge in [-0.15, -0.1) is 0 Å². The van der Waals surface area contributed by atoms with Gasteiger partial charge in [-0.3, -0.25) is 9.78 Å². The number of benzene rings is 1. The Labute approximate surface area is 190 Å². The third-order valence-corrected chi connectivity index (χ3v) is 6.25. The number of carboxylic acid groups (broad SMARTS) is 1. The zero-order valence-corrected chi connectivity index (χ0v) is 18.3. The minimum Gasteiger partial charge on any atom is -0.481 e. The van der Waals surface area contributed by atoms with E-state index in [1.54, 1.807) is 12.4 Å². The fourth-order valence-corrected chi connectivity index (χ4v) is 4.22. The molecule has 1 fully saturated rings. The van der Waals surface area contributed by atoms with E-state index in [4.69, 9.17) is 15.6 Å². The summed E-state index contributed by atoms with van der Waals surface area (Å²) in [7, 11) is 0. The number of hydrogen-bond donors (Lipinski definition) is 3. The first-order chi connectivity index (χ1) is 16.0. The topological polar surface area (TPSA) is 127 Å². The molecule has 8 nitrogen and oxygen atoms in total. The average Bonchev–Trinajstić information content (AvgIpc) is 3.23. The van der Waals surface area contributed by atoms with Crippen molar-refractivity contribution in [3.05, 3.63) is 54.4 Å². The lowest BCUT2D eigenvalue weighted by molar-refractivity contribution is -0.143. The molecule has 0 aliphatic heterocycles. The molecule has 0 bridgehead atoms. The molecule has 4 N–H and O–H groups in total. The van der Waals surface area contributed by atoms with Crippen LogP contribution in [0.3, 0.4) is 0 Å². The summed E-state index contributed by atoms with van der Waals surface area (Å²) in [5.74, 6) is 0.324. The van der Waals surface area contributed by atoms with Crippen molar-refractivity contribution >= 4 is 22.7 Å². The van der Waals surface area contributed by atoms with Crippen molar-refractivity contribution in [1.29, 1.82) is 0 Å². The van der Waals surface area contributed by atoms with E-state index in [9.17, 15) is 4.79 Å². The van der Waals surface area contributed by atoms with Crippen LogP contribution in [0.4, 0.5) is 5.69 Å². The number of fused-ring (bicyclic) bond motifs is 1. The first-order valence-electron chi connectivity index (χ1n) is 11.0. The van der Waals surface area contributed by atoms with Gasteiger partial charge in [0.15, 0.2) is 0 Å². The van der Waals surface area contributed by atoms with Crippen LogP contribution in [0, 0.1) is 12.8 Å². The molecule has 33 heavy (non-hydrogen) atoms. The number of aryl methyl sites for hydroxylation is 1. The van der Waals surface area contributed by atoms with E-state index in [0.29, 0.717) is 18.7 Å². The number of imidazole rings is 1. The van der Waals surface area contributed by atoms with Crippen LogP contribution in [0.25, 0.3) is 33.7 Å². The number of nitrogen functional groups attached to an aromatic ring is 1. The molecule has 5 rings (SSSR count). The molecule has 1 aliphatic carbocycles. The van der Waals surface area contributed by atoms with Crippen molar-refractivity contribution in [2.75, 3.05) is 5.73 Å². The SMILES string of the molecule is Cc1cc2[nH]c(-c3ccc(-c4ccc(OC5CCC(C(=O)O)CC5)nc4)nc3)nc2cc1N. The first kappa shape index (κ1) is 20.9. The van der Waals surface area contributed by atoms with Crippen LogP contribution in [0.1, 0.15) is 31.2 Å². The summed E-state index contributed by atoms with van der Waals surface area (Å²) >= 11 is 0. The molecule has 8 heteroatoms. The summed E-state index contributed by atoms with van der Waals surface area (Å²) in [5, 5.41) is 9.12. The van der Waals surface area contributed by atoms with Gasteiger partial charge in [0.2, 0.25) is 5.88 Å². The molecule has 0 spiro atoms. The lowest BCUT2D eigenvalue weighted by atomic mass is 9.87. The van der Waals surface area contributed by atoms with Gasteiger partial charge in [0.25, 0.3) is 0 Å². The third kappa shape index (κ3) is 4.37. The number of ether oxygens (including phenoxy) is 1. The Bertz CT molecular complexity index is 1250. The van der Waals surface area contributed by atoms with Gasteiger partial charge in [0.05, 0.1) is 22.6 Å². The van der Waals surface area contributed by atoms with Crippen LogP contribution in [0.5, 0.6) is 5.88 Å². The Morgan fingerprint density at radius 3 is 2.48 bits per heavy atom. The minimum absolute atomic E-state index is 0.0132. The second-order valence-corrected chi connectivity index (χ2v) is 8.56. The number of carbonyl (C=O) groups is 1. The van der Waals surface area contributed by atoms with Gasteiger partial charge < -0.3 is 20.6 Å². The molecule has 1 saturated carbocycles. The van der Waals surface area contributed by atoms with Gasteiger partial charge in [-0.1, -0.05) is 0 Å². The maximum absolute atomic E-state index is 11.1. The zero-order valence-electron chi connectivity index (χ0n) is 18.3. The fourth-order valence-electron chi connectivity index (χ4n) is 4.22. The number of carboxylic acids is 1. The molecule has 3 aromatic heterocycles. The molecule has 168 valence electrons. The summed E-state index contributed by atoms with van der Waals surface area (Å²) in [4.78, 5) is 28.0. The van der Waals surface area contributed by atoms with Crippen molar-refractivity contribution < 1.29 is 14.6 Å². The van der Waals surface area contributed by atoms with Gasteiger partial charge in [-0.05, 0) is 68.5 Å². The molecule has 4 aromatic rings. The Kier molecular flexibility index (Phi) is 5.42. The third-order valence-electron chi connectivity index (χ3n) is 6.25. The second-order valence-electron chi connectivity index (χ2n) is 8.56. The van der Waals surface area contributed by atoms with Gasteiger partial charge in [-0.25, -0.2) is 9.97 Å². The summed E-state index contributed by atoms with van der Waals surface area (Å²) in [6, 6.07) is 11.5. The van der Waals surface area contributed by atoms with E-state index in [1.807, 2.05) is 43.3 Å². The van der Waals surface area contributed by atoms with E-state index < -0.39 is 5.97 Å². The van der Waals surface area contributed by atoms with Crippen LogP contribution >= 0.6 is 0 Å². The number of aromatic nitrogens is 4. The largest absolute Gasteiger partial charge is 0.481 e. The van der Waals surface area contributed by atoms with Crippen LogP contribution in [0.2, 0.25) is 0 Å². The number of nitrogens with zero attached hydrogens (tertiary/aromatic N) is 3. The predicted molar refractivity (Wildman–Crippen MR) is 126 cm³/mol. The van der Waals surface area contributed by atoms with Crippen molar-refractivity contribution in [2.24, 2.45) is 5.92 Å². The van der Waals surface area contributed by atoms with Gasteiger partial charge in [0.1, 0.15) is 11.9 Å². The molecular weight excluding hydrogens is 418 g/mol. The normalized spacial score (nSPS) is 18.3. The quantitative estimate of drug-likeness (QED) is 0.385. The summed E-state index contributed by atoms with van der Waals surface area (Å²) in [6.45, 7) is 1.97. The van der Waals surface area contributed by atoms with Gasteiger partial charge in [-0.2, -0.15) is 0 Å². The highest BCUT2D eigenvalue weighted by Gasteiger charge is 2.27. The van der Waals surface area contributed by atoms with Crippen LogP contribution in [-0.4, -0.2) is 37.1 Å². The van der Waals surface area contributed by atoms with Crippen LogP contribution in [0.15, 0.2) is 48.8 Å². The zero-order chi connectivity index (χ0) is 22.9. The number of nitrogens with two attached hydrogens (primary N) is 1. The fraction of sp³-hybridized carbons (Fsp3) is 0.280. The lowest BCUT2D eigenvalue weighted by Gasteiger charge is -2.26. The molecule has 3 heterocycles. The number of hydrogen-bond acceptors (Lipinski definition) is 6. The van der Waals surface area contributed by atoms with Crippen LogP contribution < -0.4 is 10.5 Å². The molecule has 1 aliphatic rings. The Morgan fingerprint density at radius 1 is 1.06 bits per heavy atom. The highest BCUT2D eigenvalue weighted by molar-refractivity contribution is 5.83. The molecule has 0 unspecified atom stereocenters. The van der Waals surface area contributed by atoms with Gasteiger partial charge >= 0.3 is 5.97 Å². The summed E-state index contributed by atoms with van der Waals surface area (Å²) < 4.78 is 5.95. The smallest absolute Gasteiger partial charge is 0.306 e. The molecule has 0 radical (unpaired) electrons. The number of nitrogens with one attached hydrogen (secondary N) is 1. The predicted octanol–water partition coefficient (Wildman–Crippen LogP) is 4.60. The monoisotopic (exact) mass is 443 g/mol. The molecule has 1 aromatic carbocycles. The highest BCUT2D eigenvalue weighted by Crippen LogP contribution is 2.29. The number of rotatable bonds is 5. The van der Waals surface area contributed by atoms with Crippen molar-refractivity contribution in [1.82, 2.24) is 19.9 Å². The highest BCUT2D eigenvalue weighted by atomic mass is 16.5. The number of H-pyrrole nitrogens is 1. The minimum atomic E-state index is -0.713. The van der Waals surface area contributed by atoms with Gasteiger partial charge in [0, 0.05) is 35.3 Å². The van der Waals surface area contributed by atoms with Crippen LogP contribution in [-0.2, 0) is 4.79 Å². The van der Waals surface area contributed by atoms with E-state index in [2.05, 4.69) is 19.9 Å². The summed E-state index contributed by atoms with van der Waals surface area (Å²) in [6.07, 6.45) is 6.30. The van der Waals surface area contributed by atoms with E-state index in [0.717, 1.165) is 57.8 Å². The molecule has 0 saturated heterocycles. The van der Waals surface area contributed by atoms with E-state index in [1.165, 1.54) is 0 Å². The lowest BCUT2D eigenvalue weighted by Crippen LogP contribution is -2.28. The van der Waals surface area contributed by atoms with Crippen molar-refractivity contribution in [3.63, 3.8) is 0 Å². The first-order valence-corrected chi connectivity index (χ1v) is 11.0. The number of aromatic amines is 1. The number of aliphatic carboxylic acids is 1. The maximum Gasteiger partial charge on any atom is 0.306 e. The second kappa shape index (κ2) is 8.54. The standard InChI is InChI=1S/C25H25N5O3/c1-14-10-21-22(11-19(14)26)30-24(29-21)17-4-8-20(27-13-17)16-5-9-23(28-12-16)33-18-6-2-15(3-7-18)25(31)32/h4-5,8-13,15,18H,2-3,6-7,26H2,1H3,(H,29,30)(H,31,32). The molecular formula is C25H25N5O3. The maximum atomic E-state index is 11.1. The summed E-state index contributed by atoms with van der Waals surface area (Å²) in [5.41, 5.74) is 12.1. The van der Waals surface area contributed by atoms with E-state index >= 15 is 0 Å². The van der Waals surface area contributed by atoms with Crippen molar-refractivity contribution in [2.45, 2.75) is 38.7 Å². The number of anilines is 1. The Morgan fingerprint density at radius 2 is 1.82 bits per heavy atom. The Balaban J connectivity index is 1.26. The number of pyridine rings is 2. The molecule has 0 amide bonds. The van der Waals surface area contributed by atoms with Crippen molar-refractivity contribution in [3.8, 4) is 28.5 Å². The molecule has 0 atom stereocenters. The average molecular weight is 444 g/mol.